The number of esters is 1. The first-order chi connectivity index (χ1) is 20.3. The van der Waals surface area contributed by atoms with Gasteiger partial charge in [-0.05, 0) is 38.1 Å². The number of aromatic nitrogens is 2. The Kier molecular flexibility index (Phi) is 11.2. The number of hydrogen-bond donors (Lipinski definition) is 1. The second-order valence-electron chi connectivity index (χ2n) is 9.32. The molecule has 18 heteroatoms. The number of ether oxygens (including phenoxy) is 1. The first kappa shape index (κ1) is 37.6. The molecule has 0 saturated heterocycles. The topological polar surface area (TPSA) is 47.1 Å². The minimum Gasteiger partial charge on any atom is -1.00 e. The molecule has 0 bridgehead atoms. The van der Waals surface area contributed by atoms with Gasteiger partial charge in [0.25, 0.3) is 5.82 Å². The van der Waals surface area contributed by atoms with Crippen molar-refractivity contribution in [1.82, 2.24) is 4.57 Å². The van der Waals surface area contributed by atoms with Crippen LogP contribution >= 0.6 is 0 Å². The number of halogens is 13. The highest BCUT2D eigenvalue weighted by Gasteiger charge is 2.87. The number of para-hydroxylation sites is 1. The zero-order valence-corrected chi connectivity index (χ0v) is 23.9. The molecule has 0 spiro atoms. The van der Waals surface area contributed by atoms with Gasteiger partial charge in [-0.2, -0.15) is 43.9 Å². The molecule has 0 aliphatic carbocycles. The Morgan fingerprint density at radius 2 is 1.51 bits per heavy atom. The molecule has 0 amide bonds. The third kappa shape index (κ3) is 6.53. The fourth-order valence-electron chi connectivity index (χ4n) is 4.18. The number of nitrogens with one attached hydrogen (secondary N) is 1. The number of alkyl halides is 12. The van der Waals surface area contributed by atoms with Crippen molar-refractivity contribution < 1.29 is 79.2 Å². The van der Waals surface area contributed by atoms with Crippen molar-refractivity contribution in [1.29, 1.82) is 0 Å². The monoisotopic (exact) mass is 685 g/mol. The standard InChI is InChI=1S/C27H23F12N3O2.ClH/c1-3-41-18-11-10-16(14-19(18)42(4-2)20(41)12-13-40-17-8-6-5-7-9-17)21(43)44-15-23(30,31)25(34,35)27(38,39)26(36,37)24(32,33)22(28)29;/h5-14,22H,3-4,15H2,1-2H3;1H. The lowest BCUT2D eigenvalue weighted by Crippen LogP contribution is -3.00. The number of anilines is 1. The Labute approximate surface area is 253 Å². The zero-order chi connectivity index (χ0) is 33.3. The molecule has 250 valence electrons. The van der Waals surface area contributed by atoms with Gasteiger partial charge in [0.05, 0.1) is 18.7 Å². The number of rotatable bonds is 13. The number of hydrogen-bond acceptors (Lipinski definition) is 3. The van der Waals surface area contributed by atoms with Gasteiger partial charge in [0, 0.05) is 24.0 Å². The zero-order valence-electron chi connectivity index (χ0n) is 23.1. The number of nitrogens with zero attached hydrogens (tertiary/aromatic N) is 2. The predicted molar refractivity (Wildman–Crippen MR) is 134 cm³/mol. The van der Waals surface area contributed by atoms with Crippen LogP contribution in [0.5, 0.6) is 0 Å². The van der Waals surface area contributed by atoms with Gasteiger partial charge in [-0.3, -0.25) is 0 Å². The molecule has 3 rings (SSSR count). The van der Waals surface area contributed by atoms with Gasteiger partial charge in [0.15, 0.2) is 17.6 Å². The minimum atomic E-state index is -7.70. The maximum absolute atomic E-state index is 14.1. The summed E-state index contributed by atoms with van der Waals surface area (Å²) in [6, 6.07) is 12.5. The van der Waals surface area contributed by atoms with Gasteiger partial charge in [-0.15, -0.1) is 0 Å². The van der Waals surface area contributed by atoms with E-state index in [2.05, 4.69) is 10.1 Å². The maximum atomic E-state index is 14.1. The first-order valence-electron chi connectivity index (χ1n) is 12.7. The quantitative estimate of drug-likeness (QED) is 0.162. The summed E-state index contributed by atoms with van der Waals surface area (Å²) in [6.45, 7) is 1.24. The molecule has 0 aliphatic rings. The molecule has 1 aromatic heterocycles. The predicted octanol–water partition coefficient (Wildman–Crippen LogP) is 4.65. The maximum Gasteiger partial charge on any atom is 0.384 e. The van der Waals surface area contributed by atoms with Crippen molar-refractivity contribution in [3.05, 3.63) is 66.1 Å². The molecular weight excluding hydrogens is 662 g/mol. The third-order valence-corrected chi connectivity index (χ3v) is 6.56. The fraction of sp³-hybridized carbons (Fsp3) is 0.407. The average Bonchev–Trinajstić information content (AvgIpc) is 3.27. The number of carbonyl (C=O) groups is 1. The van der Waals surface area contributed by atoms with Gasteiger partial charge in [0.1, 0.15) is 0 Å². The van der Waals surface area contributed by atoms with Gasteiger partial charge >= 0.3 is 42.0 Å². The summed E-state index contributed by atoms with van der Waals surface area (Å²) in [5, 5.41) is 3.05. The van der Waals surface area contributed by atoms with Crippen LogP contribution in [0.15, 0.2) is 54.7 Å². The SMILES string of the molecule is CCn1c(/C=C/Nc2ccccc2)[n+](CC)c2ccc(C(=O)OCC(F)(F)C(F)(F)C(F)(F)C(F)(F)C(F)(F)C(F)F)cc21.[Cl-]. The summed E-state index contributed by atoms with van der Waals surface area (Å²) in [5.74, 6) is -37.4. The number of carbonyl (C=O) groups excluding carboxylic acids is 1. The molecule has 0 atom stereocenters. The van der Waals surface area contributed by atoms with E-state index in [4.69, 9.17) is 0 Å². The summed E-state index contributed by atoms with van der Waals surface area (Å²) in [5.41, 5.74) is 1.05. The molecular formula is C27H24ClF12N3O2. The van der Waals surface area contributed by atoms with Crippen molar-refractivity contribution in [3.63, 3.8) is 0 Å². The second-order valence-corrected chi connectivity index (χ2v) is 9.32. The van der Waals surface area contributed by atoms with Gasteiger partial charge in [0.2, 0.25) is 0 Å². The van der Waals surface area contributed by atoms with E-state index in [1.54, 1.807) is 59.5 Å². The molecule has 0 unspecified atom stereocenters. The molecule has 45 heavy (non-hydrogen) atoms. The molecule has 5 nitrogen and oxygen atoms in total. The van der Waals surface area contributed by atoms with E-state index in [0.717, 1.165) is 17.8 Å². The van der Waals surface area contributed by atoms with E-state index >= 15 is 0 Å². The van der Waals surface area contributed by atoms with Crippen LogP contribution in [0, 0.1) is 0 Å². The number of benzene rings is 2. The number of fused-ring (bicyclic) bond motifs is 1. The van der Waals surface area contributed by atoms with Crippen LogP contribution in [0.4, 0.5) is 58.4 Å². The fourth-order valence-corrected chi connectivity index (χ4v) is 4.18. The lowest BCUT2D eigenvalue weighted by Gasteiger charge is -2.38. The molecule has 0 fully saturated rings. The Bertz CT molecular complexity index is 1510. The molecule has 3 aromatic rings. The van der Waals surface area contributed by atoms with E-state index < -0.39 is 54.2 Å². The second kappa shape index (κ2) is 13.4. The Hall–Kier alpha value is -3.63. The molecule has 0 radical (unpaired) electrons. The first-order valence-corrected chi connectivity index (χ1v) is 12.7. The van der Waals surface area contributed by atoms with Crippen LogP contribution in [0.1, 0.15) is 30.0 Å². The smallest absolute Gasteiger partial charge is 0.384 e. The highest BCUT2D eigenvalue weighted by atomic mass is 35.5. The Morgan fingerprint density at radius 1 is 0.911 bits per heavy atom. The Balaban J connectivity index is 0.00000705. The Morgan fingerprint density at radius 3 is 2.04 bits per heavy atom. The average molecular weight is 686 g/mol. The van der Waals surface area contributed by atoms with E-state index in [0.29, 0.717) is 29.9 Å². The van der Waals surface area contributed by atoms with Crippen molar-refractivity contribution in [2.24, 2.45) is 0 Å². The van der Waals surface area contributed by atoms with Crippen LogP contribution in [0.2, 0.25) is 0 Å². The lowest BCUT2D eigenvalue weighted by molar-refractivity contribution is -0.670. The largest absolute Gasteiger partial charge is 1.00 e. The number of imidazole rings is 1. The molecule has 0 aliphatic heterocycles. The molecule has 0 saturated carbocycles. The van der Waals surface area contributed by atoms with Gasteiger partial charge in [-0.1, -0.05) is 18.2 Å². The third-order valence-electron chi connectivity index (χ3n) is 6.56. The van der Waals surface area contributed by atoms with E-state index in [1.807, 2.05) is 6.07 Å². The summed E-state index contributed by atoms with van der Waals surface area (Å²) in [6.07, 6.45) is -2.30. The van der Waals surface area contributed by atoms with Crippen LogP contribution in [0.25, 0.3) is 17.1 Å². The summed E-state index contributed by atoms with van der Waals surface area (Å²) >= 11 is 0. The van der Waals surface area contributed by atoms with Crippen molar-refractivity contribution in [2.75, 3.05) is 11.9 Å². The van der Waals surface area contributed by atoms with E-state index in [-0.39, 0.29) is 12.4 Å². The van der Waals surface area contributed by atoms with Crippen LogP contribution in [0.3, 0.4) is 0 Å². The van der Waals surface area contributed by atoms with Gasteiger partial charge < -0.3 is 22.5 Å². The van der Waals surface area contributed by atoms with Crippen molar-refractivity contribution >= 4 is 28.8 Å². The molecule has 1 N–H and O–H groups in total. The summed E-state index contributed by atoms with van der Waals surface area (Å²) < 4.78 is 168. The molecule has 2 aromatic carbocycles. The lowest BCUT2D eigenvalue weighted by atomic mass is 9.94. The van der Waals surface area contributed by atoms with Crippen LogP contribution < -0.4 is 22.3 Å². The van der Waals surface area contributed by atoms with E-state index in [9.17, 15) is 57.5 Å². The van der Waals surface area contributed by atoms with Crippen molar-refractivity contribution in [3.8, 4) is 0 Å². The van der Waals surface area contributed by atoms with Gasteiger partial charge in [-0.25, -0.2) is 22.7 Å². The highest BCUT2D eigenvalue weighted by Crippen LogP contribution is 2.58. The summed E-state index contributed by atoms with van der Waals surface area (Å²) in [4.78, 5) is 12.5. The summed E-state index contributed by atoms with van der Waals surface area (Å²) in [7, 11) is 0. The molecule has 1 heterocycles. The minimum absolute atomic E-state index is 0. The van der Waals surface area contributed by atoms with Crippen LogP contribution in [-0.2, 0) is 17.8 Å². The normalized spacial score (nSPS) is 13.4. The van der Waals surface area contributed by atoms with Crippen molar-refractivity contribution in [2.45, 2.75) is 63.0 Å². The van der Waals surface area contributed by atoms with E-state index in [1.165, 1.54) is 6.07 Å². The van der Waals surface area contributed by atoms with Crippen LogP contribution in [-0.4, -0.2) is 53.2 Å². The number of aryl methyl sites for hydroxylation is 2. The highest BCUT2D eigenvalue weighted by molar-refractivity contribution is 5.93.